The molecule has 1 saturated heterocycles. The molecule has 0 atom stereocenters. The Labute approximate surface area is 109 Å². The van der Waals surface area contributed by atoms with Crippen LogP contribution in [-0.2, 0) is 6.54 Å². The van der Waals surface area contributed by atoms with Gasteiger partial charge in [0.1, 0.15) is 0 Å². The number of nitrogens with one attached hydrogen (secondary N) is 1. The van der Waals surface area contributed by atoms with Crippen LogP contribution >= 0.6 is 11.6 Å². The first kappa shape index (κ1) is 12.9. The second-order valence-electron chi connectivity index (χ2n) is 5.02. The molecule has 0 unspecified atom stereocenters. The standard InChI is InChI=1S/C14H21ClN2/c1-11(2)14-4-3-13(15)9-12(14)10-17-7-5-16-6-8-17/h3-4,9,11,16H,5-8,10H2,1-2H3. The van der Waals surface area contributed by atoms with Gasteiger partial charge in [0.15, 0.2) is 0 Å². The van der Waals surface area contributed by atoms with E-state index in [9.17, 15) is 0 Å². The summed E-state index contributed by atoms with van der Waals surface area (Å²) in [6.45, 7) is 9.95. The molecule has 0 radical (unpaired) electrons. The molecule has 3 heteroatoms. The van der Waals surface area contributed by atoms with Crippen LogP contribution in [-0.4, -0.2) is 31.1 Å². The highest BCUT2D eigenvalue weighted by atomic mass is 35.5. The highest BCUT2D eigenvalue weighted by molar-refractivity contribution is 6.30. The van der Waals surface area contributed by atoms with Gasteiger partial charge in [-0.25, -0.2) is 0 Å². The summed E-state index contributed by atoms with van der Waals surface area (Å²) < 4.78 is 0. The highest BCUT2D eigenvalue weighted by Crippen LogP contribution is 2.24. The molecule has 1 heterocycles. The second kappa shape index (κ2) is 5.85. The molecule has 0 bridgehead atoms. The Bertz CT molecular complexity index is 370. The number of hydrogen-bond acceptors (Lipinski definition) is 2. The molecular weight excluding hydrogens is 232 g/mol. The quantitative estimate of drug-likeness (QED) is 0.890. The van der Waals surface area contributed by atoms with Gasteiger partial charge in [-0.3, -0.25) is 4.90 Å². The molecule has 1 N–H and O–H groups in total. The third-order valence-electron chi connectivity index (χ3n) is 3.33. The first-order valence-corrected chi connectivity index (χ1v) is 6.76. The number of piperazine rings is 1. The van der Waals surface area contributed by atoms with E-state index in [0.717, 1.165) is 37.7 Å². The molecule has 0 spiro atoms. The number of benzene rings is 1. The summed E-state index contributed by atoms with van der Waals surface area (Å²) >= 11 is 6.11. The highest BCUT2D eigenvalue weighted by Gasteiger charge is 2.13. The van der Waals surface area contributed by atoms with Crippen molar-refractivity contribution in [3.8, 4) is 0 Å². The fourth-order valence-corrected chi connectivity index (χ4v) is 2.58. The van der Waals surface area contributed by atoms with Crippen molar-refractivity contribution in [2.75, 3.05) is 26.2 Å². The van der Waals surface area contributed by atoms with Crippen LogP contribution in [0.15, 0.2) is 18.2 Å². The Balaban J connectivity index is 2.14. The maximum Gasteiger partial charge on any atom is 0.0409 e. The minimum atomic E-state index is 0.560. The molecule has 1 fully saturated rings. The van der Waals surface area contributed by atoms with Crippen molar-refractivity contribution in [1.29, 1.82) is 0 Å². The Hall–Kier alpha value is -0.570. The Kier molecular flexibility index (Phi) is 4.43. The zero-order chi connectivity index (χ0) is 12.3. The summed E-state index contributed by atoms with van der Waals surface area (Å²) in [6.07, 6.45) is 0. The van der Waals surface area contributed by atoms with E-state index in [2.05, 4.69) is 36.2 Å². The fourth-order valence-electron chi connectivity index (χ4n) is 2.38. The molecule has 0 aromatic heterocycles. The number of nitrogens with zero attached hydrogens (tertiary/aromatic N) is 1. The van der Waals surface area contributed by atoms with E-state index in [1.807, 2.05) is 6.07 Å². The average molecular weight is 253 g/mol. The van der Waals surface area contributed by atoms with Crippen LogP contribution < -0.4 is 5.32 Å². The van der Waals surface area contributed by atoms with E-state index in [0.29, 0.717) is 5.92 Å². The van der Waals surface area contributed by atoms with Crippen LogP contribution in [0, 0.1) is 0 Å². The SMILES string of the molecule is CC(C)c1ccc(Cl)cc1CN1CCNCC1. The van der Waals surface area contributed by atoms with Gasteiger partial charge in [0, 0.05) is 37.7 Å². The molecule has 94 valence electrons. The zero-order valence-corrected chi connectivity index (χ0v) is 11.4. The lowest BCUT2D eigenvalue weighted by molar-refractivity contribution is 0.232. The van der Waals surface area contributed by atoms with Gasteiger partial charge >= 0.3 is 0 Å². The van der Waals surface area contributed by atoms with Crippen LogP contribution in [0.2, 0.25) is 5.02 Å². The molecular formula is C14H21ClN2. The minimum absolute atomic E-state index is 0.560. The lowest BCUT2D eigenvalue weighted by Gasteiger charge is -2.28. The summed E-state index contributed by atoms with van der Waals surface area (Å²) in [5.41, 5.74) is 2.81. The molecule has 2 rings (SSSR count). The minimum Gasteiger partial charge on any atom is -0.314 e. The van der Waals surface area contributed by atoms with Gasteiger partial charge in [0.2, 0.25) is 0 Å². The first-order valence-electron chi connectivity index (χ1n) is 6.38. The van der Waals surface area contributed by atoms with Gasteiger partial charge in [0.25, 0.3) is 0 Å². The molecule has 0 amide bonds. The molecule has 2 nitrogen and oxygen atoms in total. The van der Waals surface area contributed by atoms with E-state index in [4.69, 9.17) is 11.6 Å². The smallest absolute Gasteiger partial charge is 0.0409 e. The maximum atomic E-state index is 6.11. The predicted octanol–water partition coefficient (Wildman–Crippen LogP) is 2.87. The Morgan fingerprint density at radius 3 is 2.65 bits per heavy atom. The summed E-state index contributed by atoms with van der Waals surface area (Å²) in [4.78, 5) is 2.49. The molecule has 1 aliphatic rings. The molecule has 1 aliphatic heterocycles. The van der Waals surface area contributed by atoms with Crippen molar-refractivity contribution in [2.24, 2.45) is 0 Å². The number of hydrogen-bond donors (Lipinski definition) is 1. The van der Waals surface area contributed by atoms with Crippen LogP contribution in [0.3, 0.4) is 0 Å². The van der Waals surface area contributed by atoms with E-state index < -0.39 is 0 Å². The van der Waals surface area contributed by atoms with Crippen LogP contribution in [0.4, 0.5) is 0 Å². The third-order valence-corrected chi connectivity index (χ3v) is 3.57. The molecule has 0 saturated carbocycles. The van der Waals surface area contributed by atoms with Gasteiger partial charge in [-0.05, 0) is 29.2 Å². The number of halogens is 1. The summed E-state index contributed by atoms with van der Waals surface area (Å²) in [5.74, 6) is 0.560. The topological polar surface area (TPSA) is 15.3 Å². The predicted molar refractivity (Wildman–Crippen MR) is 73.7 cm³/mol. The van der Waals surface area contributed by atoms with Crippen LogP contribution in [0.5, 0.6) is 0 Å². The molecule has 1 aromatic carbocycles. The van der Waals surface area contributed by atoms with E-state index in [1.165, 1.54) is 11.1 Å². The monoisotopic (exact) mass is 252 g/mol. The van der Waals surface area contributed by atoms with E-state index in [-0.39, 0.29) is 0 Å². The van der Waals surface area contributed by atoms with Gasteiger partial charge in [-0.1, -0.05) is 31.5 Å². The summed E-state index contributed by atoms with van der Waals surface area (Å²) in [7, 11) is 0. The van der Waals surface area contributed by atoms with Crippen LogP contribution in [0.1, 0.15) is 30.9 Å². The van der Waals surface area contributed by atoms with Crippen LogP contribution in [0.25, 0.3) is 0 Å². The van der Waals surface area contributed by atoms with Crippen molar-refractivity contribution < 1.29 is 0 Å². The van der Waals surface area contributed by atoms with Crippen molar-refractivity contribution in [2.45, 2.75) is 26.3 Å². The van der Waals surface area contributed by atoms with Crippen molar-refractivity contribution >= 4 is 11.6 Å². The van der Waals surface area contributed by atoms with Crippen molar-refractivity contribution in [1.82, 2.24) is 10.2 Å². The molecule has 0 aliphatic carbocycles. The van der Waals surface area contributed by atoms with Crippen molar-refractivity contribution in [3.63, 3.8) is 0 Å². The molecule has 1 aromatic rings. The second-order valence-corrected chi connectivity index (χ2v) is 5.46. The Morgan fingerprint density at radius 2 is 2.00 bits per heavy atom. The van der Waals surface area contributed by atoms with Gasteiger partial charge in [-0.2, -0.15) is 0 Å². The van der Waals surface area contributed by atoms with Gasteiger partial charge < -0.3 is 5.32 Å². The lowest BCUT2D eigenvalue weighted by Crippen LogP contribution is -2.43. The Morgan fingerprint density at radius 1 is 1.29 bits per heavy atom. The maximum absolute atomic E-state index is 6.11. The lowest BCUT2D eigenvalue weighted by atomic mass is 9.97. The van der Waals surface area contributed by atoms with Crippen molar-refractivity contribution in [3.05, 3.63) is 34.3 Å². The van der Waals surface area contributed by atoms with E-state index >= 15 is 0 Å². The normalized spacial score (nSPS) is 17.6. The fraction of sp³-hybridized carbons (Fsp3) is 0.571. The largest absolute Gasteiger partial charge is 0.314 e. The zero-order valence-electron chi connectivity index (χ0n) is 10.7. The third kappa shape index (κ3) is 3.44. The summed E-state index contributed by atoms with van der Waals surface area (Å²) in [6, 6.07) is 6.29. The van der Waals surface area contributed by atoms with Gasteiger partial charge in [0.05, 0.1) is 0 Å². The molecule has 17 heavy (non-hydrogen) atoms. The van der Waals surface area contributed by atoms with Gasteiger partial charge in [-0.15, -0.1) is 0 Å². The summed E-state index contributed by atoms with van der Waals surface area (Å²) in [5, 5.41) is 4.23. The number of rotatable bonds is 3. The average Bonchev–Trinajstić information content (AvgIpc) is 2.30. The first-order chi connectivity index (χ1) is 8.16. The van der Waals surface area contributed by atoms with E-state index in [1.54, 1.807) is 0 Å².